The van der Waals surface area contributed by atoms with Crippen molar-refractivity contribution in [1.29, 1.82) is 0 Å². The number of nitrogens with zero attached hydrogens (tertiary/aromatic N) is 3. The molecule has 1 atom stereocenters. The number of hydrogen-bond acceptors (Lipinski definition) is 3. The molecule has 5 nitrogen and oxygen atoms in total. The number of fused-ring (bicyclic) bond motifs is 1. The molecule has 0 spiro atoms. The summed E-state index contributed by atoms with van der Waals surface area (Å²) in [6.45, 7) is 3.87. The first-order valence-corrected chi connectivity index (χ1v) is 6.33. The van der Waals surface area contributed by atoms with E-state index in [1.807, 2.05) is 11.0 Å². The van der Waals surface area contributed by atoms with Gasteiger partial charge in [-0.05, 0) is 30.9 Å². The smallest absolute Gasteiger partial charge is 0.272 e. The van der Waals surface area contributed by atoms with Gasteiger partial charge in [-0.15, -0.1) is 0 Å². The minimum atomic E-state index is 0.0321. The number of piperidine rings is 1. The summed E-state index contributed by atoms with van der Waals surface area (Å²) in [6, 6.07) is 3.62. The maximum absolute atomic E-state index is 12.3. The highest BCUT2D eigenvalue weighted by Gasteiger charge is 2.22. The van der Waals surface area contributed by atoms with Gasteiger partial charge in [0, 0.05) is 13.1 Å². The molecule has 1 aliphatic rings. The van der Waals surface area contributed by atoms with Crippen molar-refractivity contribution in [2.24, 2.45) is 5.92 Å². The predicted octanol–water partition coefficient (Wildman–Crippen LogP) is 1.83. The second-order valence-corrected chi connectivity index (χ2v) is 5.00. The summed E-state index contributed by atoms with van der Waals surface area (Å²) in [5.41, 5.74) is 2.11. The van der Waals surface area contributed by atoms with Crippen LogP contribution in [0.1, 0.15) is 30.3 Å². The summed E-state index contributed by atoms with van der Waals surface area (Å²) in [7, 11) is 0. The van der Waals surface area contributed by atoms with E-state index in [1.54, 1.807) is 12.3 Å². The molecule has 1 unspecified atom stereocenters. The van der Waals surface area contributed by atoms with Crippen molar-refractivity contribution < 1.29 is 4.79 Å². The predicted molar refractivity (Wildman–Crippen MR) is 68.2 cm³/mol. The molecule has 2 aromatic heterocycles. The monoisotopic (exact) mass is 244 g/mol. The van der Waals surface area contributed by atoms with Gasteiger partial charge in [-0.25, -0.2) is 4.98 Å². The molecule has 0 bridgehead atoms. The lowest BCUT2D eigenvalue weighted by Crippen LogP contribution is -2.39. The van der Waals surface area contributed by atoms with Gasteiger partial charge in [0.2, 0.25) is 0 Å². The number of pyridine rings is 1. The highest BCUT2D eigenvalue weighted by atomic mass is 16.2. The number of H-pyrrole nitrogens is 1. The van der Waals surface area contributed by atoms with Crippen LogP contribution in [-0.4, -0.2) is 39.1 Å². The zero-order chi connectivity index (χ0) is 12.5. The lowest BCUT2D eigenvalue weighted by atomic mass is 10.00. The number of aromatic amines is 1. The maximum Gasteiger partial charge on any atom is 0.272 e. The number of nitrogens with one attached hydrogen (secondary N) is 1. The molecule has 0 aliphatic carbocycles. The van der Waals surface area contributed by atoms with Crippen LogP contribution in [0.4, 0.5) is 0 Å². The third-order valence-electron chi connectivity index (χ3n) is 3.46. The van der Waals surface area contributed by atoms with Crippen molar-refractivity contribution in [3.63, 3.8) is 0 Å². The Bertz CT molecular complexity index is 577. The largest absolute Gasteiger partial charge is 0.337 e. The van der Waals surface area contributed by atoms with Crippen molar-refractivity contribution in [2.45, 2.75) is 19.8 Å². The SMILES string of the molecule is CC1CCCN(C(=O)c2ccc3[nH]ncc3n2)C1. The van der Waals surface area contributed by atoms with Gasteiger partial charge in [0.1, 0.15) is 11.2 Å². The molecular weight excluding hydrogens is 228 g/mol. The van der Waals surface area contributed by atoms with Crippen molar-refractivity contribution in [3.8, 4) is 0 Å². The summed E-state index contributed by atoms with van der Waals surface area (Å²) < 4.78 is 0. The topological polar surface area (TPSA) is 61.9 Å². The third kappa shape index (κ3) is 1.96. The molecule has 3 heterocycles. The molecule has 1 fully saturated rings. The van der Waals surface area contributed by atoms with Crippen LogP contribution in [-0.2, 0) is 0 Å². The van der Waals surface area contributed by atoms with Crippen molar-refractivity contribution in [2.75, 3.05) is 13.1 Å². The molecule has 94 valence electrons. The molecule has 5 heteroatoms. The number of amides is 1. The van der Waals surface area contributed by atoms with Crippen LogP contribution in [0.25, 0.3) is 11.0 Å². The van der Waals surface area contributed by atoms with E-state index in [4.69, 9.17) is 0 Å². The highest BCUT2D eigenvalue weighted by molar-refractivity contribution is 5.94. The van der Waals surface area contributed by atoms with Gasteiger partial charge >= 0.3 is 0 Å². The van der Waals surface area contributed by atoms with E-state index in [2.05, 4.69) is 22.1 Å². The van der Waals surface area contributed by atoms with Gasteiger partial charge < -0.3 is 4.90 Å². The zero-order valence-electron chi connectivity index (χ0n) is 10.4. The van der Waals surface area contributed by atoms with E-state index in [1.165, 1.54) is 6.42 Å². The first-order valence-electron chi connectivity index (χ1n) is 6.33. The Hall–Kier alpha value is -1.91. The molecule has 0 radical (unpaired) electrons. The normalized spacial score (nSPS) is 20.3. The van der Waals surface area contributed by atoms with E-state index in [-0.39, 0.29) is 5.91 Å². The first-order chi connectivity index (χ1) is 8.74. The molecule has 1 N–H and O–H groups in total. The average Bonchev–Trinajstić information content (AvgIpc) is 2.85. The molecule has 1 amide bonds. The Morgan fingerprint density at radius 2 is 2.39 bits per heavy atom. The lowest BCUT2D eigenvalue weighted by molar-refractivity contribution is 0.0677. The van der Waals surface area contributed by atoms with Gasteiger partial charge in [0.05, 0.1) is 11.7 Å². The Balaban J connectivity index is 1.86. The fourth-order valence-corrected chi connectivity index (χ4v) is 2.49. The maximum atomic E-state index is 12.3. The average molecular weight is 244 g/mol. The fraction of sp³-hybridized carbons (Fsp3) is 0.462. The summed E-state index contributed by atoms with van der Waals surface area (Å²) in [5.74, 6) is 0.616. The molecule has 1 saturated heterocycles. The molecular formula is C13H16N4O. The van der Waals surface area contributed by atoms with Crippen LogP contribution in [0.3, 0.4) is 0 Å². The summed E-state index contributed by atoms with van der Waals surface area (Å²) in [5, 5.41) is 6.75. The summed E-state index contributed by atoms with van der Waals surface area (Å²) >= 11 is 0. The van der Waals surface area contributed by atoms with E-state index in [0.717, 1.165) is 30.5 Å². The summed E-state index contributed by atoms with van der Waals surface area (Å²) in [6.07, 6.45) is 3.93. The minimum absolute atomic E-state index is 0.0321. The van der Waals surface area contributed by atoms with E-state index in [9.17, 15) is 4.79 Å². The van der Waals surface area contributed by atoms with Gasteiger partial charge in [0.15, 0.2) is 0 Å². The standard InChI is InChI=1S/C13H16N4O/c1-9-3-2-6-17(8-9)13(18)11-5-4-10-12(15-11)7-14-16-10/h4-5,7,9H,2-3,6,8H2,1H3,(H,14,16). The lowest BCUT2D eigenvalue weighted by Gasteiger charge is -2.30. The number of hydrogen-bond donors (Lipinski definition) is 1. The van der Waals surface area contributed by atoms with E-state index in [0.29, 0.717) is 11.6 Å². The van der Waals surface area contributed by atoms with Crippen LogP contribution in [0.5, 0.6) is 0 Å². The minimum Gasteiger partial charge on any atom is -0.337 e. The Morgan fingerprint density at radius 3 is 3.22 bits per heavy atom. The Morgan fingerprint density at radius 1 is 1.50 bits per heavy atom. The van der Waals surface area contributed by atoms with E-state index < -0.39 is 0 Å². The van der Waals surface area contributed by atoms with Gasteiger partial charge in [-0.1, -0.05) is 6.92 Å². The van der Waals surface area contributed by atoms with E-state index >= 15 is 0 Å². The second kappa shape index (κ2) is 4.40. The van der Waals surface area contributed by atoms with Crippen LogP contribution in [0, 0.1) is 5.92 Å². The molecule has 18 heavy (non-hydrogen) atoms. The second-order valence-electron chi connectivity index (χ2n) is 5.00. The summed E-state index contributed by atoms with van der Waals surface area (Å²) in [4.78, 5) is 18.6. The quantitative estimate of drug-likeness (QED) is 0.832. The number of carbonyl (C=O) groups is 1. The van der Waals surface area contributed by atoms with Gasteiger partial charge in [-0.2, -0.15) is 5.10 Å². The molecule has 0 saturated carbocycles. The van der Waals surface area contributed by atoms with Crippen molar-refractivity contribution >= 4 is 16.9 Å². The Labute approximate surface area is 105 Å². The van der Waals surface area contributed by atoms with Crippen molar-refractivity contribution in [3.05, 3.63) is 24.0 Å². The van der Waals surface area contributed by atoms with Gasteiger partial charge in [-0.3, -0.25) is 9.89 Å². The highest BCUT2D eigenvalue weighted by Crippen LogP contribution is 2.18. The van der Waals surface area contributed by atoms with Gasteiger partial charge in [0.25, 0.3) is 5.91 Å². The first kappa shape index (κ1) is 11.2. The number of carbonyl (C=O) groups excluding carboxylic acids is 1. The zero-order valence-corrected chi connectivity index (χ0v) is 10.4. The van der Waals surface area contributed by atoms with Crippen LogP contribution in [0.2, 0.25) is 0 Å². The molecule has 2 aromatic rings. The molecule has 0 aromatic carbocycles. The number of aromatic nitrogens is 3. The number of likely N-dealkylation sites (tertiary alicyclic amines) is 1. The third-order valence-corrected chi connectivity index (χ3v) is 3.46. The van der Waals surface area contributed by atoms with Crippen LogP contribution < -0.4 is 0 Å². The fourth-order valence-electron chi connectivity index (χ4n) is 2.49. The Kier molecular flexibility index (Phi) is 2.74. The molecule has 1 aliphatic heterocycles. The van der Waals surface area contributed by atoms with Crippen LogP contribution >= 0.6 is 0 Å². The number of rotatable bonds is 1. The van der Waals surface area contributed by atoms with Crippen LogP contribution in [0.15, 0.2) is 18.3 Å². The van der Waals surface area contributed by atoms with Crippen molar-refractivity contribution in [1.82, 2.24) is 20.1 Å². The molecule has 3 rings (SSSR count).